The van der Waals surface area contributed by atoms with Gasteiger partial charge in [-0.05, 0) is 25.7 Å². The van der Waals surface area contributed by atoms with Crippen molar-refractivity contribution in [1.29, 1.82) is 0 Å². The van der Waals surface area contributed by atoms with Gasteiger partial charge in [0, 0.05) is 19.3 Å². The maximum atomic E-state index is 5.60. The fraction of sp³-hybridized carbons (Fsp3) is 0.778. The summed E-state index contributed by atoms with van der Waals surface area (Å²) in [6.45, 7) is 7.55. The molecule has 1 atom stereocenters. The van der Waals surface area contributed by atoms with E-state index < -0.39 is 0 Å². The van der Waals surface area contributed by atoms with Gasteiger partial charge < -0.3 is 5.73 Å². The average molecular weight is 154 g/mol. The minimum Gasteiger partial charge on any atom is -0.318 e. The van der Waals surface area contributed by atoms with E-state index in [-0.39, 0.29) is 0 Å². The van der Waals surface area contributed by atoms with Crippen LogP contribution in [-0.4, -0.2) is 24.2 Å². The van der Waals surface area contributed by atoms with Crippen LogP contribution >= 0.6 is 0 Å². The van der Waals surface area contributed by atoms with Crippen LogP contribution in [0.3, 0.4) is 0 Å². The number of rotatable bonds is 5. The van der Waals surface area contributed by atoms with Gasteiger partial charge in [-0.15, -0.1) is 6.58 Å². The van der Waals surface area contributed by atoms with Gasteiger partial charge >= 0.3 is 0 Å². The highest BCUT2D eigenvalue weighted by Gasteiger charge is 2.30. The maximum Gasteiger partial charge on any atom is 0.0461 e. The fourth-order valence-corrected chi connectivity index (χ4v) is 1.45. The summed E-state index contributed by atoms with van der Waals surface area (Å²) < 4.78 is 0. The molecule has 2 N–H and O–H groups in total. The standard InChI is InChI=1S/C9H18N2/c1-3-6-11(7-10)8(2)9-4-5-9/h3,8-9H,1,4-7,10H2,2H3. The zero-order valence-corrected chi connectivity index (χ0v) is 7.29. The molecule has 0 saturated heterocycles. The second-order valence-corrected chi connectivity index (χ2v) is 3.32. The second-order valence-electron chi connectivity index (χ2n) is 3.32. The Morgan fingerprint density at radius 2 is 2.36 bits per heavy atom. The largest absolute Gasteiger partial charge is 0.318 e. The first-order valence-electron chi connectivity index (χ1n) is 4.34. The van der Waals surface area contributed by atoms with Crippen LogP contribution in [0.4, 0.5) is 0 Å². The molecule has 1 aliphatic rings. The van der Waals surface area contributed by atoms with Crippen molar-refractivity contribution in [2.75, 3.05) is 13.2 Å². The summed E-state index contributed by atoms with van der Waals surface area (Å²) in [4.78, 5) is 2.27. The minimum atomic E-state index is 0.651. The lowest BCUT2D eigenvalue weighted by Gasteiger charge is -2.25. The molecule has 2 nitrogen and oxygen atoms in total. The Labute approximate surface area is 69.1 Å². The Balaban J connectivity index is 2.31. The van der Waals surface area contributed by atoms with Crippen molar-refractivity contribution in [3.05, 3.63) is 12.7 Å². The van der Waals surface area contributed by atoms with E-state index in [1.165, 1.54) is 12.8 Å². The summed E-state index contributed by atoms with van der Waals surface area (Å²) in [6, 6.07) is 0.651. The summed E-state index contributed by atoms with van der Waals surface area (Å²) in [5.41, 5.74) is 5.60. The van der Waals surface area contributed by atoms with Crippen LogP contribution in [0.25, 0.3) is 0 Å². The Bertz CT molecular complexity index is 130. The van der Waals surface area contributed by atoms with Crippen molar-refractivity contribution in [1.82, 2.24) is 4.90 Å². The van der Waals surface area contributed by atoms with E-state index in [2.05, 4.69) is 18.4 Å². The lowest BCUT2D eigenvalue weighted by molar-refractivity contribution is 0.216. The van der Waals surface area contributed by atoms with E-state index in [4.69, 9.17) is 5.73 Å². The molecule has 11 heavy (non-hydrogen) atoms. The molecule has 0 aromatic carbocycles. The summed E-state index contributed by atoms with van der Waals surface area (Å²) in [5, 5.41) is 0. The van der Waals surface area contributed by atoms with Crippen molar-refractivity contribution < 1.29 is 0 Å². The van der Waals surface area contributed by atoms with Gasteiger partial charge in [-0.2, -0.15) is 0 Å². The topological polar surface area (TPSA) is 29.3 Å². The molecule has 64 valence electrons. The predicted molar refractivity (Wildman–Crippen MR) is 48.1 cm³/mol. The van der Waals surface area contributed by atoms with Gasteiger partial charge in [0.05, 0.1) is 0 Å². The van der Waals surface area contributed by atoms with Crippen LogP contribution in [-0.2, 0) is 0 Å². The Kier molecular flexibility index (Phi) is 3.09. The molecule has 0 heterocycles. The fourth-order valence-electron chi connectivity index (χ4n) is 1.45. The van der Waals surface area contributed by atoms with Gasteiger partial charge in [-0.1, -0.05) is 6.08 Å². The van der Waals surface area contributed by atoms with Crippen molar-refractivity contribution in [2.24, 2.45) is 11.7 Å². The molecular formula is C9H18N2. The summed E-state index contributed by atoms with van der Waals surface area (Å²) >= 11 is 0. The SMILES string of the molecule is C=CCN(CN)C(C)C1CC1. The number of hydrogen-bond acceptors (Lipinski definition) is 2. The molecule has 0 bridgehead atoms. The molecule has 0 aromatic rings. The zero-order chi connectivity index (χ0) is 8.27. The first-order chi connectivity index (χ1) is 5.29. The van der Waals surface area contributed by atoms with Crippen LogP contribution in [0.5, 0.6) is 0 Å². The van der Waals surface area contributed by atoms with E-state index >= 15 is 0 Å². The monoisotopic (exact) mass is 154 g/mol. The molecule has 0 aromatic heterocycles. The van der Waals surface area contributed by atoms with Gasteiger partial charge in [-0.3, -0.25) is 4.90 Å². The van der Waals surface area contributed by atoms with Crippen molar-refractivity contribution in [3.8, 4) is 0 Å². The Hall–Kier alpha value is -0.340. The smallest absolute Gasteiger partial charge is 0.0461 e. The third kappa shape index (κ3) is 2.31. The Morgan fingerprint density at radius 1 is 1.73 bits per heavy atom. The van der Waals surface area contributed by atoms with Crippen molar-refractivity contribution in [3.63, 3.8) is 0 Å². The zero-order valence-electron chi connectivity index (χ0n) is 7.29. The Morgan fingerprint density at radius 3 is 2.73 bits per heavy atom. The van der Waals surface area contributed by atoms with E-state index in [0.29, 0.717) is 12.7 Å². The molecule has 0 aliphatic heterocycles. The minimum absolute atomic E-state index is 0.651. The van der Waals surface area contributed by atoms with Crippen molar-refractivity contribution in [2.45, 2.75) is 25.8 Å². The summed E-state index contributed by atoms with van der Waals surface area (Å²) in [6.07, 6.45) is 4.69. The van der Waals surface area contributed by atoms with E-state index in [0.717, 1.165) is 12.5 Å². The van der Waals surface area contributed by atoms with Gasteiger partial charge in [0.15, 0.2) is 0 Å². The molecule has 0 radical (unpaired) electrons. The summed E-state index contributed by atoms with van der Waals surface area (Å²) in [7, 11) is 0. The summed E-state index contributed by atoms with van der Waals surface area (Å²) in [5.74, 6) is 0.901. The van der Waals surface area contributed by atoms with Gasteiger partial charge in [0.2, 0.25) is 0 Å². The first kappa shape index (κ1) is 8.75. The van der Waals surface area contributed by atoms with Gasteiger partial charge in [0.25, 0.3) is 0 Å². The first-order valence-corrected chi connectivity index (χ1v) is 4.34. The third-order valence-corrected chi connectivity index (χ3v) is 2.48. The molecule has 1 aliphatic carbocycles. The molecular weight excluding hydrogens is 136 g/mol. The molecule has 1 fully saturated rings. The highest BCUT2D eigenvalue weighted by molar-refractivity contribution is 4.87. The van der Waals surface area contributed by atoms with Crippen LogP contribution in [0.1, 0.15) is 19.8 Å². The van der Waals surface area contributed by atoms with Crippen LogP contribution < -0.4 is 5.73 Å². The predicted octanol–water partition coefficient (Wildman–Crippen LogP) is 1.19. The van der Waals surface area contributed by atoms with Gasteiger partial charge in [-0.25, -0.2) is 0 Å². The van der Waals surface area contributed by atoms with E-state index in [1.807, 2.05) is 6.08 Å². The average Bonchev–Trinajstić information content (AvgIpc) is 2.81. The van der Waals surface area contributed by atoms with Crippen LogP contribution in [0.2, 0.25) is 0 Å². The number of hydrogen-bond donors (Lipinski definition) is 1. The van der Waals surface area contributed by atoms with Crippen LogP contribution in [0, 0.1) is 5.92 Å². The van der Waals surface area contributed by atoms with Crippen LogP contribution in [0.15, 0.2) is 12.7 Å². The highest BCUT2D eigenvalue weighted by Crippen LogP contribution is 2.34. The van der Waals surface area contributed by atoms with Crippen molar-refractivity contribution >= 4 is 0 Å². The molecule has 0 amide bonds. The van der Waals surface area contributed by atoms with E-state index in [9.17, 15) is 0 Å². The molecule has 1 unspecified atom stereocenters. The normalized spacial score (nSPS) is 20.3. The molecule has 2 heteroatoms. The number of nitrogens with zero attached hydrogens (tertiary/aromatic N) is 1. The highest BCUT2D eigenvalue weighted by atomic mass is 15.2. The van der Waals surface area contributed by atoms with Gasteiger partial charge in [0.1, 0.15) is 0 Å². The third-order valence-electron chi connectivity index (χ3n) is 2.48. The second kappa shape index (κ2) is 3.88. The molecule has 0 spiro atoms. The lowest BCUT2D eigenvalue weighted by Crippen LogP contribution is -2.39. The molecule has 1 saturated carbocycles. The number of nitrogens with two attached hydrogens (primary N) is 1. The quantitative estimate of drug-likeness (QED) is 0.476. The lowest BCUT2D eigenvalue weighted by atomic mass is 10.2. The van der Waals surface area contributed by atoms with E-state index in [1.54, 1.807) is 0 Å². The molecule has 1 rings (SSSR count). The maximum absolute atomic E-state index is 5.60.